The first kappa shape index (κ1) is 16.3. The van der Waals surface area contributed by atoms with Crippen LogP contribution in [0.3, 0.4) is 0 Å². The molecule has 0 saturated carbocycles. The Balaban J connectivity index is 1.59. The molecule has 5 rings (SSSR count). The maximum Gasteiger partial charge on any atom is 0.255 e. The first-order valence-corrected chi connectivity index (χ1v) is 8.83. The number of carbonyl (C=O) groups is 1. The highest BCUT2D eigenvalue weighted by molar-refractivity contribution is 6.08. The molecule has 0 aliphatic heterocycles. The molecule has 1 aromatic heterocycles. The lowest BCUT2D eigenvalue weighted by molar-refractivity contribution is 0.102. The van der Waals surface area contributed by atoms with Crippen molar-refractivity contribution in [2.45, 2.75) is 0 Å². The molecule has 0 saturated heterocycles. The van der Waals surface area contributed by atoms with Crippen molar-refractivity contribution in [1.82, 2.24) is 9.97 Å². The molecule has 134 valence electrons. The molecule has 5 heteroatoms. The maximum atomic E-state index is 13.0. The number of carbonyl (C=O) groups excluding carboxylic acids is 1. The minimum atomic E-state index is -0.349. The monoisotopic (exact) mass is 367 g/mol. The molecule has 0 aliphatic rings. The van der Waals surface area contributed by atoms with E-state index in [1.54, 1.807) is 18.2 Å². The smallest absolute Gasteiger partial charge is 0.255 e. The molecule has 0 atom stereocenters. The van der Waals surface area contributed by atoms with Gasteiger partial charge >= 0.3 is 0 Å². The van der Waals surface area contributed by atoms with E-state index in [1.807, 2.05) is 36.4 Å². The molecule has 0 unspecified atom stereocenters. The van der Waals surface area contributed by atoms with Gasteiger partial charge in [0.1, 0.15) is 5.82 Å². The molecule has 0 radical (unpaired) electrons. The van der Waals surface area contributed by atoms with Gasteiger partial charge in [0.2, 0.25) is 0 Å². The van der Waals surface area contributed by atoms with E-state index in [9.17, 15) is 9.18 Å². The number of amides is 1. The third-order valence-electron chi connectivity index (χ3n) is 4.69. The molecule has 0 bridgehead atoms. The average molecular weight is 367 g/mol. The summed E-state index contributed by atoms with van der Waals surface area (Å²) in [7, 11) is 0. The van der Waals surface area contributed by atoms with Crippen molar-refractivity contribution in [2.75, 3.05) is 5.32 Å². The van der Waals surface area contributed by atoms with Crippen molar-refractivity contribution in [1.29, 1.82) is 0 Å². The van der Waals surface area contributed by atoms with Crippen molar-refractivity contribution in [3.8, 4) is 0 Å². The largest absolute Gasteiger partial charge is 0.322 e. The van der Waals surface area contributed by atoms with Crippen LogP contribution >= 0.6 is 0 Å². The Labute approximate surface area is 159 Å². The normalized spacial score (nSPS) is 11.2. The van der Waals surface area contributed by atoms with Crippen LogP contribution in [0.4, 0.5) is 10.1 Å². The first-order valence-electron chi connectivity index (χ1n) is 8.83. The summed E-state index contributed by atoms with van der Waals surface area (Å²) in [6.07, 6.45) is 0. The molecule has 1 heterocycles. The van der Waals surface area contributed by atoms with Crippen LogP contribution < -0.4 is 5.32 Å². The van der Waals surface area contributed by atoms with Gasteiger partial charge in [-0.25, -0.2) is 14.4 Å². The second kappa shape index (κ2) is 6.39. The van der Waals surface area contributed by atoms with Crippen molar-refractivity contribution in [3.05, 3.63) is 90.2 Å². The van der Waals surface area contributed by atoms with Crippen LogP contribution in [0.25, 0.3) is 32.8 Å². The van der Waals surface area contributed by atoms with Gasteiger partial charge in [0, 0.05) is 16.6 Å². The van der Waals surface area contributed by atoms with Crippen molar-refractivity contribution >= 4 is 44.4 Å². The maximum absolute atomic E-state index is 13.0. The van der Waals surface area contributed by atoms with E-state index >= 15 is 0 Å². The third-order valence-corrected chi connectivity index (χ3v) is 4.69. The van der Waals surface area contributed by atoms with Crippen LogP contribution in [0, 0.1) is 5.82 Å². The van der Waals surface area contributed by atoms with Gasteiger partial charge in [-0.2, -0.15) is 0 Å². The van der Waals surface area contributed by atoms with Gasteiger partial charge in [0.15, 0.2) is 0 Å². The number of halogens is 1. The molecule has 1 N–H and O–H groups in total. The summed E-state index contributed by atoms with van der Waals surface area (Å²) in [4.78, 5) is 22.0. The van der Waals surface area contributed by atoms with Crippen LogP contribution in [0.1, 0.15) is 10.4 Å². The molecule has 0 fully saturated rings. The predicted octanol–water partition coefficient (Wildman–Crippen LogP) is 5.33. The van der Waals surface area contributed by atoms with E-state index in [4.69, 9.17) is 4.98 Å². The van der Waals surface area contributed by atoms with Crippen LogP contribution in [0.15, 0.2) is 78.9 Å². The molecular formula is C23H14FN3O. The molecule has 0 spiro atoms. The Kier molecular flexibility index (Phi) is 3.72. The number of aromatic nitrogens is 2. The molecule has 28 heavy (non-hydrogen) atoms. The summed E-state index contributed by atoms with van der Waals surface area (Å²) in [5.74, 6) is -0.633. The van der Waals surface area contributed by atoms with E-state index in [2.05, 4.69) is 10.3 Å². The summed E-state index contributed by atoms with van der Waals surface area (Å²) in [5.41, 5.74) is 3.99. The predicted molar refractivity (Wildman–Crippen MR) is 109 cm³/mol. The van der Waals surface area contributed by atoms with Crippen LogP contribution in [0.5, 0.6) is 0 Å². The summed E-state index contributed by atoms with van der Waals surface area (Å²) in [6, 6.07) is 22.9. The quantitative estimate of drug-likeness (QED) is 0.339. The van der Waals surface area contributed by atoms with Gasteiger partial charge in [-0.15, -0.1) is 0 Å². The molecule has 0 aliphatic carbocycles. The van der Waals surface area contributed by atoms with Gasteiger partial charge in [-0.1, -0.05) is 30.3 Å². The number of nitrogens with one attached hydrogen (secondary N) is 1. The number of hydrogen-bond acceptors (Lipinski definition) is 3. The zero-order valence-corrected chi connectivity index (χ0v) is 14.7. The fourth-order valence-electron chi connectivity index (χ4n) is 3.29. The molecule has 4 aromatic carbocycles. The SMILES string of the molecule is O=C(Nc1ccc(F)cc1)c1ccc2nc3ccc4ccccc4c3nc2c1. The number of rotatable bonds is 2. The third kappa shape index (κ3) is 2.83. The summed E-state index contributed by atoms with van der Waals surface area (Å²) < 4.78 is 13.0. The fraction of sp³-hybridized carbons (Fsp3) is 0. The number of anilines is 1. The van der Waals surface area contributed by atoms with E-state index < -0.39 is 0 Å². The Hall–Kier alpha value is -3.86. The van der Waals surface area contributed by atoms with Crippen LogP contribution in [-0.2, 0) is 0 Å². The van der Waals surface area contributed by atoms with Crippen molar-refractivity contribution in [3.63, 3.8) is 0 Å². The highest BCUT2D eigenvalue weighted by atomic mass is 19.1. The van der Waals surface area contributed by atoms with E-state index in [0.29, 0.717) is 16.8 Å². The molecule has 1 amide bonds. The van der Waals surface area contributed by atoms with Crippen LogP contribution in [-0.4, -0.2) is 15.9 Å². The minimum absolute atomic E-state index is 0.284. The summed E-state index contributed by atoms with van der Waals surface area (Å²) in [6.45, 7) is 0. The number of fused-ring (bicyclic) bond motifs is 4. The minimum Gasteiger partial charge on any atom is -0.322 e. The first-order chi connectivity index (χ1) is 13.7. The lowest BCUT2D eigenvalue weighted by Gasteiger charge is -2.08. The number of benzene rings is 4. The molecular weight excluding hydrogens is 353 g/mol. The Morgan fingerprint density at radius 1 is 0.786 bits per heavy atom. The summed E-state index contributed by atoms with van der Waals surface area (Å²) >= 11 is 0. The van der Waals surface area contributed by atoms with Gasteiger partial charge in [-0.3, -0.25) is 4.79 Å². The second-order valence-corrected chi connectivity index (χ2v) is 6.54. The van der Waals surface area contributed by atoms with Gasteiger partial charge in [0.25, 0.3) is 5.91 Å². The standard InChI is InChI=1S/C23H14FN3O/c24-16-7-9-17(10-8-16)25-23(28)15-6-11-19-21(13-15)27-22-18-4-2-1-3-14(18)5-12-20(22)26-19/h1-13H,(H,25,28). The Morgan fingerprint density at radius 2 is 1.57 bits per heavy atom. The molecule has 4 nitrogen and oxygen atoms in total. The van der Waals surface area contributed by atoms with Crippen molar-refractivity contribution < 1.29 is 9.18 Å². The zero-order chi connectivity index (χ0) is 19.1. The lowest BCUT2D eigenvalue weighted by atomic mass is 10.1. The average Bonchev–Trinajstić information content (AvgIpc) is 2.73. The second-order valence-electron chi connectivity index (χ2n) is 6.54. The van der Waals surface area contributed by atoms with E-state index in [1.165, 1.54) is 24.3 Å². The highest BCUT2D eigenvalue weighted by Crippen LogP contribution is 2.25. The topological polar surface area (TPSA) is 54.9 Å². The van der Waals surface area contributed by atoms with E-state index in [-0.39, 0.29) is 11.7 Å². The number of hydrogen-bond donors (Lipinski definition) is 1. The number of nitrogens with zero attached hydrogens (tertiary/aromatic N) is 2. The molecule has 5 aromatic rings. The van der Waals surface area contributed by atoms with E-state index in [0.717, 1.165) is 27.3 Å². The fourth-order valence-corrected chi connectivity index (χ4v) is 3.29. The zero-order valence-electron chi connectivity index (χ0n) is 14.7. The van der Waals surface area contributed by atoms with Gasteiger partial charge < -0.3 is 5.32 Å². The summed E-state index contributed by atoms with van der Waals surface area (Å²) in [5, 5.41) is 4.88. The van der Waals surface area contributed by atoms with Crippen LogP contribution in [0.2, 0.25) is 0 Å². The Morgan fingerprint density at radius 3 is 2.43 bits per heavy atom. The Bertz CT molecular complexity index is 1360. The van der Waals surface area contributed by atoms with Gasteiger partial charge in [0.05, 0.1) is 22.1 Å². The van der Waals surface area contributed by atoms with Crippen molar-refractivity contribution in [2.24, 2.45) is 0 Å². The van der Waals surface area contributed by atoms with Gasteiger partial charge in [-0.05, 0) is 53.9 Å². The highest BCUT2D eigenvalue weighted by Gasteiger charge is 2.10. The lowest BCUT2D eigenvalue weighted by Crippen LogP contribution is -2.11.